The molecule has 0 atom stereocenters. The molecular formula is C42H34N2. The van der Waals surface area contributed by atoms with Gasteiger partial charge in [0.15, 0.2) is 0 Å². The molecule has 0 fully saturated rings. The van der Waals surface area contributed by atoms with Gasteiger partial charge in [-0.25, -0.2) is 0 Å². The molecule has 7 aromatic carbocycles. The van der Waals surface area contributed by atoms with E-state index in [0.717, 1.165) is 18.5 Å². The Morgan fingerprint density at radius 1 is 0.500 bits per heavy atom. The minimum atomic E-state index is 0.988. The molecule has 0 aliphatic heterocycles. The van der Waals surface area contributed by atoms with Crippen LogP contribution in [0.1, 0.15) is 24.0 Å². The fraction of sp³-hybridized carbons (Fsp3) is 0.0952. The third-order valence-corrected chi connectivity index (χ3v) is 9.09. The molecule has 44 heavy (non-hydrogen) atoms. The minimum Gasteiger partial charge on any atom is -0.313 e. The number of hydrogen-bond acceptors (Lipinski definition) is 2. The number of allylic oxidation sites excluding steroid dienone is 4. The van der Waals surface area contributed by atoms with E-state index in [2.05, 4.69) is 169 Å². The van der Waals surface area contributed by atoms with Crippen LogP contribution in [0, 0.1) is 13.8 Å². The maximum absolute atomic E-state index is 2.52. The Balaban J connectivity index is 1.54. The van der Waals surface area contributed by atoms with Crippen molar-refractivity contribution >= 4 is 60.8 Å². The average molecular weight is 567 g/mol. The van der Waals surface area contributed by atoms with Crippen LogP contribution in [0.4, 0.5) is 28.4 Å². The Kier molecular flexibility index (Phi) is 6.42. The van der Waals surface area contributed by atoms with Gasteiger partial charge in [-0.05, 0) is 90.4 Å². The highest BCUT2D eigenvalue weighted by atomic mass is 15.2. The summed E-state index contributed by atoms with van der Waals surface area (Å²) in [5, 5.41) is 7.70. The molecule has 0 aromatic heterocycles. The third-order valence-electron chi connectivity index (χ3n) is 9.09. The van der Waals surface area contributed by atoms with Gasteiger partial charge in [0, 0.05) is 38.9 Å². The van der Waals surface area contributed by atoms with E-state index in [0.29, 0.717) is 0 Å². The molecule has 0 radical (unpaired) electrons. The molecule has 0 saturated carbocycles. The summed E-state index contributed by atoms with van der Waals surface area (Å²) in [6.07, 6.45) is 8.80. The van der Waals surface area contributed by atoms with Crippen molar-refractivity contribution in [3.05, 3.63) is 162 Å². The lowest BCUT2D eigenvalue weighted by Gasteiger charge is -2.34. The molecule has 0 amide bonds. The molecule has 2 heteroatoms. The Labute approximate surface area is 259 Å². The molecule has 0 saturated heterocycles. The number of para-hydroxylation sites is 3. The van der Waals surface area contributed by atoms with E-state index in [1.54, 1.807) is 0 Å². The van der Waals surface area contributed by atoms with Crippen LogP contribution in [-0.2, 0) is 0 Å². The molecule has 0 heterocycles. The fourth-order valence-corrected chi connectivity index (χ4v) is 6.99. The van der Waals surface area contributed by atoms with Crippen LogP contribution in [0.2, 0.25) is 0 Å². The molecule has 1 aliphatic carbocycles. The zero-order valence-corrected chi connectivity index (χ0v) is 25.2. The van der Waals surface area contributed by atoms with E-state index in [9.17, 15) is 0 Å². The van der Waals surface area contributed by atoms with Crippen molar-refractivity contribution in [1.82, 2.24) is 0 Å². The first-order valence-corrected chi connectivity index (χ1v) is 15.5. The van der Waals surface area contributed by atoms with Gasteiger partial charge in [-0.1, -0.05) is 109 Å². The van der Waals surface area contributed by atoms with Gasteiger partial charge >= 0.3 is 0 Å². The average Bonchev–Trinajstić information content (AvgIpc) is 3.07. The number of nitrogens with zero attached hydrogens (tertiary/aromatic N) is 2. The highest BCUT2D eigenvalue weighted by molar-refractivity contribution is 6.28. The number of hydrogen-bond donors (Lipinski definition) is 0. The fourth-order valence-electron chi connectivity index (χ4n) is 6.99. The molecule has 0 unspecified atom stereocenters. The van der Waals surface area contributed by atoms with E-state index in [-0.39, 0.29) is 0 Å². The van der Waals surface area contributed by atoms with Crippen molar-refractivity contribution in [3.63, 3.8) is 0 Å². The Hall–Kier alpha value is -5.34. The summed E-state index contributed by atoms with van der Waals surface area (Å²) in [7, 11) is 0. The van der Waals surface area contributed by atoms with Gasteiger partial charge in [-0.3, -0.25) is 0 Å². The first kappa shape index (κ1) is 26.3. The van der Waals surface area contributed by atoms with E-state index in [1.807, 2.05) is 0 Å². The van der Waals surface area contributed by atoms with Crippen molar-refractivity contribution < 1.29 is 0 Å². The first-order chi connectivity index (χ1) is 21.7. The Bertz CT molecular complexity index is 2190. The summed E-state index contributed by atoms with van der Waals surface area (Å²) in [5.41, 5.74) is 9.73. The molecule has 7 aromatic rings. The van der Waals surface area contributed by atoms with Gasteiger partial charge in [0.05, 0.1) is 11.4 Å². The van der Waals surface area contributed by atoms with Crippen LogP contribution in [0.25, 0.3) is 32.3 Å². The van der Waals surface area contributed by atoms with E-state index in [4.69, 9.17) is 0 Å². The van der Waals surface area contributed by atoms with Crippen LogP contribution in [0.5, 0.6) is 0 Å². The van der Waals surface area contributed by atoms with Crippen molar-refractivity contribution in [1.29, 1.82) is 0 Å². The smallest absolute Gasteiger partial charge is 0.0561 e. The SMILES string of the molecule is Cc1ccccc1N(C1=CC=CCC1)c1cc(N(c2ccccc2)c2ccccc2C)c2ccc3cccc4ccc1c2c43. The second-order valence-corrected chi connectivity index (χ2v) is 11.8. The standard InChI is InChI=1S/C42H34N2/c1-29-14-9-11-22-37(29)43(33-18-5-3-6-19-33)39-28-40(44(34-20-7-4-8-21-34)38-23-12-10-15-30(38)2)36-27-25-32-17-13-16-31-24-26-35(39)42(36)41(31)32/h3-7,9-20,22-28H,8,21H2,1-2H3. The monoisotopic (exact) mass is 566 g/mol. The summed E-state index contributed by atoms with van der Waals surface area (Å²) in [6, 6.07) is 46.7. The van der Waals surface area contributed by atoms with Crippen LogP contribution in [0.15, 0.2) is 151 Å². The van der Waals surface area contributed by atoms with Gasteiger partial charge < -0.3 is 9.80 Å². The van der Waals surface area contributed by atoms with Crippen LogP contribution in [-0.4, -0.2) is 0 Å². The highest BCUT2D eigenvalue weighted by Gasteiger charge is 2.26. The zero-order chi connectivity index (χ0) is 29.6. The van der Waals surface area contributed by atoms with Crippen molar-refractivity contribution in [2.24, 2.45) is 0 Å². The lowest BCUT2D eigenvalue weighted by molar-refractivity contribution is 0.917. The maximum atomic E-state index is 2.52. The van der Waals surface area contributed by atoms with Crippen molar-refractivity contribution in [2.45, 2.75) is 26.7 Å². The lowest BCUT2D eigenvalue weighted by atomic mass is 9.91. The largest absolute Gasteiger partial charge is 0.313 e. The Morgan fingerprint density at radius 3 is 1.70 bits per heavy atom. The van der Waals surface area contributed by atoms with Crippen molar-refractivity contribution in [2.75, 3.05) is 9.80 Å². The lowest BCUT2D eigenvalue weighted by Crippen LogP contribution is -2.20. The van der Waals surface area contributed by atoms with Gasteiger partial charge in [-0.15, -0.1) is 0 Å². The number of anilines is 5. The normalized spacial score (nSPS) is 13.1. The predicted octanol–water partition coefficient (Wildman–Crippen LogP) is 12.0. The highest BCUT2D eigenvalue weighted by Crippen LogP contribution is 2.50. The molecule has 212 valence electrons. The molecule has 1 aliphatic rings. The summed E-state index contributed by atoms with van der Waals surface area (Å²) in [6.45, 7) is 4.43. The summed E-state index contributed by atoms with van der Waals surface area (Å²) >= 11 is 0. The Morgan fingerprint density at radius 2 is 1.09 bits per heavy atom. The zero-order valence-electron chi connectivity index (χ0n) is 25.2. The van der Waals surface area contributed by atoms with Gasteiger partial charge in [0.2, 0.25) is 0 Å². The molecule has 0 bridgehead atoms. The van der Waals surface area contributed by atoms with E-state index in [1.165, 1.54) is 71.9 Å². The summed E-state index contributed by atoms with van der Waals surface area (Å²) < 4.78 is 0. The van der Waals surface area contributed by atoms with Gasteiger partial charge in [0.1, 0.15) is 0 Å². The predicted molar refractivity (Wildman–Crippen MR) is 189 cm³/mol. The maximum Gasteiger partial charge on any atom is 0.0561 e. The first-order valence-electron chi connectivity index (χ1n) is 15.5. The second kappa shape index (κ2) is 10.7. The van der Waals surface area contributed by atoms with Gasteiger partial charge in [-0.2, -0.15) is 0 Å². The molecular weight excluding hydrogens is 532 g/mol. The quantitative estimate of drug-likeness (QED) is 0.185. The van der Waals surface area contributed by atoms with Crippen LogP contribution in [0.3, 0.4) is 0 Å². The molecule has 0 N–H and O–H groups in total. The van der Waals surface area contributed by atoms with Gasteiger partial charge in [0.25, 0.3) is 0 Å². The minimum absolute atomic E-state index is 0.988. The third kappa shape index (κ3) is 4.26. The number of rotatable bonds is 6. The molecule has 2 nitrogen and oxygen atoms in total. The van der Waals surface area contributed by atoms with Crippen LogP contribution < -0.4 is 9.80 Å². The number of aryl methyl sites for hydroxylation is 2. The second-order valence-electron chi connectivity index (χ2n) is 11.8. The topological polar surface area (TPSA) is 6.48 Å². The summed E-state index contributed by atoms with van der Waals surface area (Å²) in [5.74, 6) is 0. The van der Waals surface area contributed by atoms with Crippen LogP contribution >= 0.6 is 0 Å². The molecule has 8 rings (SSSR count). The van der Waals surface area contributed by atoms with E-state index < -0.39 is 0 Å². The number of benzene rings is 7. The van der Waals surface area contributed by atoms with Crippen molar-refractivity contribution in [3.8, 4) is 0 Å². The molecule has 0 spiro atoms. The summed E-state index contributed by atoms with van der Waals surface area (Å²) in [4.78, 5) is 4.98. The van der Waals surface area contributed by atoms with E-state index >= 15 is 0 Å².